The summed E-state index contributed by atoms with van der Waals surface area (Å²) in [5.74, 6) is 0.276. The highest BCUT2D eigenvalue weighted by Crippen LogP contribution is 2.24. The van der Waals surface area contributed by atoms with Crippen LogP contribution in [0.2, 0.25) is 0 Å². The molecule has 0 amide bonds. The van der Waals surface area contributed by atoms with E-state index in [0.29, 0.717) is 11.3 Å². The number of phenolic OH excluding ortho intramolecular Hbond substituents is 1. The van der Waals surface area contributed by atoms with Crippen LogP contribution >= 0.6 is 0 Å². The van der Waals surface area contributed by atoms with E-state index in [1.165, 1.54) is 19.2 Å². The van der Waals surface area contributed by atoms with E-state index < -0.39 is 9.84 Å². The molecule has 0 saturated carbocycles. The van der Waals surface area contributed by atoms with Crippen LogP contribution < -0.4 is 4.74 Å². The number of ether oxygens (including phenoxy) is 1. The third-order valence-corrected chi connectivity index (χ3v) is 2.55. The fraction of sp³-hybridized carbons (Fsp3) is 0.333. The van der Waals surface area contributed by atoms with Crippen molar-refractivity contribution in [3.8, 4) is 11.5 Å². The Balaban J connectivity index is 3.01. The predicted octanol–water partition coefficient (Wildman–Crippen LogP) is 0.945. The van der Waals surface area contributed by atoms with Gasteiger partial charge in [0.05, 0.1) is 12.9 Å². The zero-order chi connectivity index (χ0) is 10.8. The molecule has 0 aliphatic carbocycles. The Kier molecular flexibility index (Phi) is 3.00. The molecule has 0 unspecified atom stereocenters. The van der Waals surface area contributed by atoms with Crippen molar-refractivity contribution in [2.75, 3.05) is 13.4 Å². The molecule has 0 aliphatic heterocycles. The van der Waals surface area contributed by atoms with Crippen molar-refractivity contribution in [2.45, 2.75) is 5.75 Å². The second-order valence-corrected chi connectivity index (χ2v) is 5.20. The van der Waals surface area contributed by atoms with Gasteiger partial charge in [-0.2, -0.15) is 0 Å². The first-order valence-electron chi connectivity index (χ1n) is 3.96. The van der Waals surface area contributed by atoms with Crippen molar-refractivity contribution < 1.29 is 18.3 Å². The van der Waals surface area contributed by atoms with Crippen LogP contribution in [0.1, 0.15) is 5.56 Å². The van der Waals surface area contributed by atoms with Gasteiger partial charge in [-0.3, -0.25) is 0 Å². The van der Waals surface area contributed by atoms with Crippen LogP contribution in [0.3, 0.4) is 0 Å². The molecule has 1 N–H and O–H groups in total. The molecule has 1 rings (SSSR count). The second-order valence-electron chi connectivity index (χ2n) is 3.06. The Morgan fingerprint density at radius 1 is 1.43 bits per heavy atom. The molecule has 0 atom stereocenters. The van der Waals surface area contributed by atoms with Gasteiger partial charge in [-0.05, 0) is 6.07 Å². The smallest absolute Gasteiger partial charge is 0.151 e. The van der Waals surface area contributed by atoms with Crippen LogP contribution in [-0.4, -0.2) is 26.9 Å². The van der Waals surface area contributed by atoms with Gasteiger partial charge in [-0.15, -0.1) is 0 Å². The topological polar surface area (TPSA) is 63.6 Å². The van der Waals surface area contributed by atoms with Gasteiger partial charge < -0.3 is 9.84 Å². The quantitative estimate of drug-likeness (QED) is 0.817. The molecule has 0 radical (unpaired) electrons. The van der Waals surface area contributed by atoms with E-state index in [1.807, 2.05) is 0 Å². The van der Waals surface area contributed by atoms with E-state index in [0.717, 1.165) is 6.26 Å². The molecule has 0 bridgehead atoms. The number of sulfone groups is 1. The molecule has 1 aromatic rings. The summed E-state index contributed by atoms with van der Waals surface area (Å²) >= 11 is 0. The molecule has 0 saturated heterocycles. The molecule has 0 fully saturated rings. The standard InChI is InChI=1S/C9H12O4S/c1-13-8-4-3-7(9(10)5-8)6-14(2,11)12/h3-5,10H,6H2,1-2H3. The average Bonchev–Trinajstić information content (AvgIpc) is 2.06. The maximum atomic E-state index is 11.0. The Morgan fingerprint density at radius 2 is 2.07 bits per heavy atom. The third-order valence-electron chi connectivity index (χ3n) is 1.71. The van der Waals surface area contributed by atoms with E-state index in [4.69, 9.17) is 4.74 Å². The minimum Gasteiger partial charge on any atom is -0.507 e. The molecule has 78 valence electrons. The lowest BCUT2D eigenvalue weighted by molar-refractivity contribution is 0.406. The normalized spacial score (nSPS) is 11.3. The van der Waals surface area contributed by atoms with E-state index in [-0.39, 0.29) is 11.5 Å². The number of rotatable bonds is 3. The Morgan fingerprint density at radius 3 is 2.50 bits per heavy atom. The first-order chi connectivity index (χ1) is 6.42. The number of phenols is 1. The van der Waals surface area contributed by atoms with Crippen molar-refractivity contribution >= 4 is 9.84 Å². The zero-order valence-corrected chi connectivity index (χ0v) is 8.84. The van der Waals surface area contributed by atoms with Crippen molar-refractivity contribution in [1.29, 1.82) is 0 Å². The van der Waals surface area contributed by atoms with Gasteiger partial charge in [-0.25, -0.2) is 8.42 Å². The molecule has 0 aliphatic rings. The van der Waals surface area contributed by atoms with Crippen LogP contribution in [0.25, 0.3) is 0 Å². The highest BCUT2D eigenvalue weighted by Gasteiger charge is 2.09. The maximum Gasteiger partial charge on any atom is 0.151 e. The summed E-state index contributed by atoms with van der Waals surface area (Å²) < 4.78 is 26.8. The van der Waals surface area contributed by atoms with Gasteiger partial charge in [0.1, 0.15) is 11.5 Å². The number of hydrogen-bond acceptors (Lipinski definition) is 4. The second kappa shape index (κ2) is 3.88. The molecule has 4 nitrogen and oxygen atoms in total. The largest absolute Gasteiger partial charge is 0.507 e. The van der Waals surface area contributed by atoms with Crippen molar-refractivity contribution in [1.82, 2.24) is 0 Å². The third kappa shape index (κ3) is 2.92. The Hall–Kier alpha value is -1.23. The van der Waals surface area contributed by atoms with Gasteiger partial charge in [-0.1, -0.05) is 6.07 Å². The zero-order valence-electron chi connectivity index (χ0n) is 8.02. The first-order valence-corrected chi connectivity index (χ1v) is 6.02. The summed E-state index contributed by atoms with van der Waals surface area (Å²) in [7, 11) is -1.64. The van der Waals surface area contributed by atoms with Crippen molar-refractivity contribution in [3.63, 3.8) is 0 Å². The predicted molar refractivity (Wildman–Crippen MR) is 53.2 cm³/mol. The summed E-state index contributed by atoms with van der Waals surface area (Å²) in [6, 6.07) is 4.54. The summed E-state index contributed by atoms with van der Waals surface area (Å²) in [6.07, 6.45) is 1.12. The minimum absolute atomic E-state index is 0.0604. The average molecular weight is 216 g/mol. The van der Waals surface area contributed by atoms with Crippen LogP contribution in [0.15, 0.2) is 18.2 Å². The summed E-state index contributed by atoms with van der Waals surface area (Å²) in [6.45, 7) is 0. The van der Waals surface area contributed by atoms with Gasteiger partial charge >= 0.3 is 0 Å². The maximum absolute atomic E-state index is 11.0. The summed E-state index contributed by atoms with van der Waals surface area (Å²) in [4.78, 5) is 0. The van der Waals surface area contributed by atoms with E-state index in [1.54, 1.807) is 6.07 Å². The van der Waals surface area contributed by atoms with E-state index in [2.05, 4.69) is 0 Å². The fourth-order valence-corrected chi connectivity index (χ4v) is 1.88. The molecule has 0 aromatic heterocycles. The lowest BCUT2D eigenvalue weighted by atomic mass is 10.2. The molecule has 1 aromatic carbocycles. The number of benzene rings is 1. The van der Waals surface area contributed by atoms with Crippen LogP contribution in [0, 0.1) is 0 Å². The minimum atomic E-state index is -3.12. The van der Waals surface area contributed by atoms with Gasteiger partial charge in [0, 0.05) is 17.9 Å². The molecule has 14 heavy (non-hydrogen) atoms. The number of methoxy groups -OCH3 is 1. The molecule has 0 spiro atoms. The monoisotopic (exact) mass is 216 g/mol. The van der Waals surface area contributed by atoms with Gasteiger partial charge in [0.15, 0.2) is 9.84 Å². The lowest BCUT2D eigenvalue weighted by Crippen LogP contribution is -2.00. The molecular weight excluding hydrogens is 204 g/mol. The van der Waals surface area contributed by atoms with Crippen LogP contribution in [0.5, 0.6) is 11.5 Å². The number of aromatic hydroxyl groups is 1. The summed E-state index contributed by atoms with van der Waals surface area (Å²) in [5, 5.41) is 9.44. The van der Waals surface area contributed by atoms with Crippen LogP contribution in [0.4, 0.5) is 0 Å². The van der Waals surface area contributed by atoms with Crippen molar-refractivity contribution in [2.24, 2.45) is 0 Å². The highest BCUT2D eigenvalue weighted by atomic mass is 32.2. The van der Waals surface area contributed by atoms with Crippen LogP contribution in [-0.2, 0) is 15.6 Å². The Labute approximate surface area is 83.1 Å². The Bertz CT molecular complexity index is 422. The molecule has 5 heteroatoms. The molecular formula is C9H12O4S. The van der Waals surface area contributed by atoms with E-state index >= 15 is 0 Å². The van der Waals surface area contributed by atoms with Gasteiger partial charge in [0.25, 0.3) is 0 Å². The first kappa shape index (κ1) is 10.8. The number of hydrogen-bond donors (Lipinski definition) is 1. The summed E-state index contributed by atoms with van der Waals surface area (Å²) in [5.41, 5.74) is 0.383. The van der Waals surface area contributed by atoms with E-state index in [9.17, 15) is 13.5 Å². The highest BCUT2D eigenvalue weighted by molar-refractivity contribution is 7.89. The van der Waals surface area contributed by atoms with Crippen molar-refractivity contribution in [3.05, 3.63) is 23.8 Å². The molecule has 0 heterocycles. The van der Waals surface area contributed by atoms with Gasteiger partial charge in [0.2, 0.25) is 0 Å². The SMILES string of the molecule is COc1ccc(CS(C)(=O)=O)c(O)c1. The lowest BCUT2D eigenvalue weighted by Gasteiger charge is -2.05. The fourth-order valence-electron chi connectivity index (χ4n) is 1.08.